The molecule has 0 aliphatic rings. The molecule has 0 aliphatic carbocycles. The van der Waals surface area contributed by atoms with Gasteiger partial charge in [0.1, 0.15) is 5.75 Å². The predicted molar refractivity (Wildman–Crippen MR) is 106 cm³/mol. The highest BCUT2D eigenvalue weighted by Gasteiger charge is 2.30. The molecule has 0 aliphatic heterocycles. The summed E-state index contributed by atoms with van der Waals surface area (Å²) in [4.78, 5) is 29.3. The predicted octanol–water partition coefficient (Wildman–Crippen LogP) is 2.13. The van der Waals surface area contributed by atoms with Crippen LogP contribution in [0.2, 0.25) is 5.02 Å². The summed E-state index contributed by atoms with van der Waals surface area (Å²) in [7, 11) is 7.39. The van der Waals surface area contributed by atoms with Crippen LogP contribution in [0.4, 0.5) is 11.9 Å². The van der Waals surface area contributed by atoms with Crippen LogP contribution in [0.5, 0.6) is 5.75 Å². The van der Waals surface area contributed by atoms with E-state index in [0.29, 0.717) is 28.5 Å². The second-order valence-corrected chi connectivity index (χ2v) is 7.33. The average Bonchev–Trinajstić information content (AvgIpc) is 2.61. The Hall–Kier alpha value is -2.61. The van der Waals surface area contributed by atoms with E-state index >= 15 is 0 Å². The minimum absolute atomic E-state index is 0.163. The summed E-state index contributed by atoms with van der Waals surface area (Å²) >= 11 is 5.87. The maximum atomic E-state index is 12.6. The van der Waals surface area contributed by atoms with Gasteiger partial charge < -0.3 is 19.9 Å². The van der Waals surface area contributed by atoms with Gasteiger partial charge in [0.2, 0.25) is 11.9 Å². The number of carbonyl (C=O) groups excluding carboxylic acids is 1. The molecule has 0 radical (unpaired) electrons. The molecule has 2 aromatic rings. The number of amides is 1. The van der Waals surface area contributed by atoms with Crippen molar-refractivity contribution in [2.24, 2.45) is 0 Å². The highest BCUT2D eigenvalue weighted by Crippen LogP contribution is 2.21. The molecule has 0 unspecified atom stereocenters. The third-order valence-corrected chi connectivity index (χ3v) is 3.85. The van der Waals surface area contributed by atoms with E-state index in [9.17, 15) is 4.79 Å². The molecule has 146 valence electrons. The van der Waals surface area contributed by atoms with E-state index in [1.165, 1.54) is 0 Å². The van der Waals surface area contributed by atoms with Crippen molar-refractivity contribution in [3.63, 3.8) is 0 Å². The molecule has 0 saturated carbocycles. The third kappa shape index (κ3) is 5.68. The van der Waals surface area contributed by atoms with Gasteiger partial charge in [-0.1, -0.05) is 11.6 Å². The first-order valence-corrected chi connectivity index (χ1v) is 8.79. The molecule has 1 heterocycles. The minimum atomic E-state index is -1.07. The zero-order valence-electron chi connectivity index (χ0n) is 16.4. The van der Waals surface area contributed by atoms with Gasteiger partial charge in [-0.25, -0.2) is 0 Å². The van der Waals surface area contributed by atoms with Crippen LogP contribution >= 0.6 is 11.6 Å². The van der Waals surface area contributed by atoms with E-state index in [-0.39, 0.29) is 12.5 Å². The van der Waals surface area contributed by atoms with E-state index in [4.69, 9.17) is 16.3 Å². The quantitative estimate of drug-likeness (QED) is 0.772. The number of rotatable bonds is 7. The summed E-state index contributed by atoms with van der Waals surface area (Å²) in [5.41, 5.74) is -1.07. The Kier molecular flexibility index (Phi) is 6.43. The number of anilines is 2. The fourth-order valence-electron chi connectivity index (χ4n) is 2.09. The van der Waals surface area contributed by atoms with E-state index in [1.807, 2.05) is 28.2 Å². The molecule has 1 aromatic carbocycles. The van der Waals surface area contributed by atoms with Gasteiger partial charge in [-0.15, -0.1) is 0 Å². The van der Waals surface area contributed by atoms with E-state index < -0.39 is 5.60 Å². The molecule has 0 bridgehead atoms. The van der Waals surface area contributed by atoms with Crippen molar-refractivity contribution in [2.75, 3.05) is 38.0 Å². The molecule has 1 N–H and O–H groups in total. The minimum Gasteiger partial charge on any atom is -0.478 e. The van der Waals surface area contributed by atoms with Crippen molar-refractivity contribution in [2.45, 2.75) is 26.0 Å². The van der Waals surface area contributed by atoms with E-state index in [1.54, 1.807) is 47.9 Å². The van der Waals surface area contributed by atoms with Crippen molar-refractivity contribution in [1.82, 2.24) is 20.3 Å². The smallest absolute Gasteiger partial charge is 0.263 e. The lowest BCUT2D eigenvalue weighted by Crippen LogP contribution is -2.46. The van der Waals surface area contributed by atoms with Crippen LogP contribution in [0.1, 0.15) is 19.7 Å². The SMILES string of the molecule is CN(C)c1nc(CNC(=O)C(C)(C)Oc2ccc(Cl)cc2)nc(N(C)C)n1. The molecule has 0 atom stereocenters. The van der Waals surface area contributed by atoms with Gasteiger partial charge in [-0.3, -0.25) is 4.79 Å². The molecular weight excluding hydrogens is 368 g/mol. The number of nitrogens with zero attached hydrogens (tertiary/aromatic N) is 5. The molecule has 2 rings (SSSR count). The topological polar surface area (TPSA) is 83.5 Å². The molecule has 0 spiro atoms. The van der Waals surface area contributed by atoms with Crippen LogP contribution < -0.4 is 19.9 Å². The zero-order chi connectivity index (χ0) is 20.2. The lowest BCUT2D eigenvalue weighted by Gasteiger charge is -2.25. The van der Waals surface area contributed by atoms with Crippen molar-refractivity contribution in [3.8, 4) is 5.75 Å². The first-order valence-electron chi connectivity index (χ1n) is 8.41. The summed E-state index contributed by atoms with van der Waals surface area (Å²) in [6.07, 6.45) is 0. The summed E-state index contributed by atoms with van der Waals surface area (Å²) in [5.74, 6) is 1.79. The molecule has 0 saturated heterocycles. The largest absolute Gasteiger partial charge is 0.478 e. The lowest BCUT2D eigenvalue weighted by molar-refractivity contribution is -0.134. The average molecular weight is 393 g/mol. The number of benzene rings is 1. The maximum absolute atomic E-state index is 12.6. The number of hydrogen-bond acceptors (Lipinski definition) is 7. The maximum Gasteiger partial charge on any atom is 0.263 e. The van der Waals surface area contributed by atoms with Crippen LogP contribution in [-0.2, 0) is 11.3 Å². The molecular formula is C18H25ClN6O2. The van der Waals surface area contributed by atoms with Crippen LogP contribution in [0.15, 0.2) is 24.3 Å². The Labute approximate surface area is 164 Å². The first kappa shape index (κ1) is 20.7. The summed E-state index contributed by atoms with van der Waals surface area (Å²) in [5, 5.41) is 3.43. The Morgan fingerprint density at radius 1 is 1.04 bits per heavy atom. The van der Waals surface area contributed by atoms with Crippen LogP contribution in [0.25, 0.3) is 0 Å². The lowest BCUT2D eigenvalue weighted by atomic mass is 10.1. The van der Waals surface area contributed by atoms with Crippen molar-refractivity contribution in [3.05, 3.63) is 35.1 Å². The number of nitrogens with one attached hydrogen (secondary N) is 1. The molecule has 1 aromatic heterocycles. The Morgan fingerprint density at radius 2 is 1.56 bits per heavy atom. The Morgan fingerprint density at radius 3 is 2.04 bits per heavy atom. The van der Waals surface area contributed by atoms with Gasteiger partial charge in [-0.2, -0.15) is 15.0 Å². The van der Waals surface area contributed by atoms with Gasteiger partial charge in [0.05, 0.1) is 6.54 Å². The molecule has 9 heteroatoms. The van der Waals surface area contributed by atoms with Gasteiger partial charge in [0.25, 0.3) is 5.91 Å². The molecule has 8 nitrogen and oxygen atoms in total. The van der Waals surface area contributed by atoms with Gasteiger partial charge in [0, 0.05) is 33.2 Å². The second-order valence-electron chi connectivity index (χ2n) is 6.89. The number of hydrogen-bond donors (Lipinski definition) is 1. The van der Waals surface area contributed by atoms with Crippen molar-refractivity contribution >= 4 is 29.4 Å². The van der Waals surface area contributed by atoms with Crippen molar-refractivity contribution < 1.29 is 9.53 Å². The Balaban J connectivity index is 2.08. The Bertz CT molecular complexity index is 767. The van der Waals surface area contributed by atoms with E-state index in [0.717, 1.165) is 0 Å². The number of aromatic nitrogens is 3. The van der Waals surface area contributed by atoms with Gasteiger partial charge in [-0.05, 0) is 38.1 Å². The number of halogens is 1. The highest BCUT2D eigenvalue weighted by atomic mass is 35.5. The van der Waals surface area contributed by atoms with Crippen LogP contribution in [0, 0.1) is 0 Å². The van der Waals surface area contributed by atoms with E-state index in [2.05, 4.69) is 20.3 Å². The van der Waals surface area contributed by atoms with Crippen LogP contribution in [-0.4, -0.2) is 54.7 Å². The summed E-state index contributed by atoms with van der Waals surface area (Å²) in [6.45, 7) is 3.55. The van der Waals surface area contributed by atoms with Gasteiger partial charge >= 0.3 is 0 Å². The van der Waals surface area contributed by atoms with Crippen molar-refractivity contribution in [1.29, 1.82) is 0 Å². The third-order valence-electron chi connectivity index (χ3n) is 3.60. The molecule has 1 amide bonds. The highest BCUT2D eigenvalue weighted by molar-refractivity contribution is 6.30. The fourth-order valence-corrected chi connectivity index (χ4v) is 2.22. The standard InChI is InChI=1S/C18H25ClN6O2/c1-18(2,27-13-9-7-12(19)8-10-13)15(26)20-11-14-21-16(24(3)4)23-17(22-14)25(5)6/h7-10H,11H2,1-6H3,(H,20,26). The van der Waals surface area contributed by atoms with Gasteiger partial charge in [0.15, 0.2) is 11.4 Å². The normalized spacial score (nSPS) is 11.1. The molecule has 27 heavy (non-hydrogen) atoms. The summed E-state index contributed by atoms with van der Waals surface area (Å²) in [6, 6.07) is 6.86. The number of ether oxygens (including phenoxy) is 1. The molecule has 0 fully saturated rings. The zero-order valence-corrected chi connectivity index (χ0v) is 17.2. The first-order chi connectivity index (χ1) is 12.6. The second kappa shape index (κ2) is 8.39. The summed E-state index contributed by atoms with van der Waals surface area (Å²) < 4.78 is 5.79. The van der Waals surface area contributed by atoms with Crippen LogP contribution in [0.3, 0.4) is 0 Å². The number of carbonyl (C=O) groups is 1. The monoisotopic (exact) mass is 392 g/mol. The fraction of sp³-hybridized carbons (Fsp3) is 0.444.